The first-order chi connectivity index (χ1) is 8.99. The van der Waals surface area contributed by atoms with Gasteiger partial charge >= 0.3 is 0 Å². The number of benzene rings is 1. The van der Waals surface area contributed by atoms with Crippen LogP contribution >= 0.6 is 0 Å². The molecule has 1 aliphatic heterocycles. The van der Waals surface area contributed by atoms with Gasteiger partial charge in [-0.2, -0.15) is 0 Å². The molecule has 0 aromatic heterocycles. The van der Waals surface area contributed by atoms with Gasteiger partial charge in [0.25, 0.3) is 5.91 Å². The second kappa shape index (κ2) is 5.63. The van der Waals surface area contributed by atoms with E-state index in [4.69, 9.17) is 9.84 Å². The van der Waals surface area contributed by atoms with Crippen molar-refractivity contribution in [1.29, 1.82) is 0 Å². The van der Waals surface area contributed by atoms with E-state index in [1.54, 1.807) is 6.92 Å². The Labute approximate surface area is 109 Å². The molecule has 1 aromatic rings. The van der Waals surface area contributed by atoms with E-state index >= 15 is 0 Å². The topological polar surface area (TPSA) is 49.8 Å². The van der Waals surface area contributed by atoms with Crippen LogP contribution in [0.5, 0.6) is 0 Å². The first kappa shape index (κ1) is 13.9. The molecule has 1 heterocycles. The summed E-state index contributed by atoms with van der Waals surface area (Å²) in [5.74, 6) is -2.04. The lowest BCUT2D eigenvalue weighted by Crippen LogP contribution is -2.50. The fourth-order valence-corrected chi connectivity index (χ4v) is 2.17. The van der Waals surface area contributed by atoms with E-state index in [0.29, 0.717) is 6.54 Å². The van der Waals surface area contributed by atoms with Gasteiger partial charge < -0.3 is 14.7 Å². The molecule has 2 atom stereocenters. The minimum atomic E-state index is -0.789. The number of morpholine rings is 1. The molecule has 2 unspecified atom stereocenters. The van der Waals surface area contributed by atoms with Gasteiger partial charge in [-0.15, -0.1) is 0 Å². The normalized spacial score (nSPS) is 23.5. The molecule has 0 saturated carbocycles. The lowest BCUT2D eigenvalue weighted by atomic mass is 10.1. The van der Waals surface area contributed by atoms with Crippen LogP contribution in [0.4, 0.5) is 8.78 Å². The molecule has 1 N–H and O–H groups in total. The van der Waals surface area contributed by atoms with Gasteiger partial charge in [0.15, 0.2) is 0 Å². The smallest absolute Gasteiger partial charge is 0.254 e. The summed E-state index contributed by atoms with van der Waals surface area (Å²) >= 11 is 0. The van der Waals surface area contributed by atoms with Crippen LogP contribution in [0.2, 0.25) is 0 Å². The first-order valence-electron chi connectivity index (χ1n) is 6.01. The Hall–Kier alpha value is -1.53. The van der Waals surface area contributed by atoms with Crippen molar-refractivity contribution in [3.05, 3.63) is 35.4 Å². The molecule has 0 bridgehead atoms. The van der Waals surface area contributed by atoms with E-state index in [-0.39, 0.29) is 24.8 Å². The maximum atomic E-state index is 13.1. The number of ether oxygens (including phenoxy) is 1. The highest BCUT2D eigenvalue weighted by Gasteiger charge is 2.28. The van der Waals surface area contributed by atoms with Gasteiger partial charge in [-0.25, -0.2) is 8.78 Å². The maximum Gasteiger partial charge on any atom is 0.254 e. The molecule has 0 aliphatic carbocycles. The van der Waals surface area contributed by atoms with Gasteiger partial charge in [0, 0.05) is 24.7 Å². The lowest BCUT2D eigenvalue weighted by molar-refractivity contribution is -0.0858. The molecule has 104 valence electrons. The fraction of sp³-hybridized carbons (Fsp3) is 0.462. The third kappa shape index (κ3) is 3.27. The Balaban J connectivity index is 2.18. The van der Waals surface area contributed by atoms with E-state index in [0.717, 1.165) is 18.2 Å². The van der Waals surface area contributed by atoms with Gasteiger partial charge in [-0.05, 0) is 19.1 Å². The molecular formula is C13H15F2NO3. The monoisotopic (exact) mass is 271 g/mol. The summed E-state index contributed by atoms with van der Waals surface area (Å²) in [5, 5.41) is 9.08. The van der Waals surface area contributed by atoms with Gasteiger partial charge in [0.1, 0.15) is 11.6 Å². The van der Waals surface area contributed by atoms with Crippen molar-refractivity contribution in [1.82, 2.24) is 4.90 Å². The summed E-state index contributed by atoms with van der Waals surface area (Å²) in [4.78, 5) is 13.6. The van der Waals surface area contributed by atoms with Gasteiger partial charge in [-0.1, -0.05) is 0 Å². The molecule has 2 rings (SSSR count). The Kier molecular flexibility index (Phi) is 4.11. The maximum absolute atomic E-state index is 13.1. The Bertz CT molecular complexity index is 461. The first-order valence-corrected chi connectivity index (χ1v) is 6.01. The van der Waals surface area contributed by atoms with Gasteiger partial charge in [-0.3, -0.25) is 4.79 Å². The molecule has 1 saturated heterocycles. The average molecular weight is 271 g/mol. The molecule has 0 spiro atoms. The SMILES string of the molecule is CC1CN(C(=O)c2cc(F)cc(F)c2)CC(CO)O1. The zero-order chi connectivity index (χ0) is 14.0. The Morgan fingerprint density at radius 3 is 2.58 bits per heavy atom. The van der Waals surface area contributed by atoms with Gasteiger partial charge in [0.05, 0.1) is 18.8 Å². The minimum absolute atomic E-state index is 0.0386. The number of aliphatic hydroxyl groups excluding tert-OH is 1. The zero-order valence-electron chi connectivity index (χ0n) is 10.5. The summed E-state index contributed by atoms with van der Waals surface area (Å²) < 4.78 is 31.6. The van der Waals surface area contributed by atoms with Crippen LogP contribution in [0.3, 0.4) is 0 Å². The summed E-state index contributed by atoms with van der Waals surface area (Å²) in [6.45, 7) is 2.10. The number of carbonyl (C=O) groups excluding carboxylic acids is 1. The largest absolute Gasteiger partial charge is 0.394 e. The van der Waals surface area contributed by atoms with Crippen molar-refractivity contribution in [2.24, 2.45) is 0 Å². The van der Waals surface area contributed by atoms with Crippen molar-refractivity contribution >= 4 is 5.91 Å². The van der Waals surface area contributed by atoms with Crippen molar-refractivity contribution < 1.29 is 23.4 Å². The molecule has 1 aromatic carbocycles. The standard InChI is InChI=1S/C13H15F2NO3/c1-8-5-16(6-12(7-17)19-8)13(18)9-2-10(14)4-11(15)3-9/h2-4,8,12,17H,5-7H2,1H3. The Morgan fingerprint density at radius 1 is 1.37 bits per heavy atom. The number of aliphatic hydroxyl groups is 1. The predicted molar refractivity (Wildman–Crippen MR) is 63.7 cm³/mol. The summed E-state index contributed by atoms with van der Waals surface area (Å²) in [5.41, 5.74) is -0.0386. The lowest BCUT2D eigenvalue weighted by Gasteiger charge is -2.36. The van der Waals surface area contributed by atoms with Crippen LogP contribution < -0.4 is 0 Å². The van der Waals surface area contributed by atoms with E-state index < -0.39 is 23.6 Å². The molecular weight excluding hydrogens is 256 g/mol. The summed E-state index contributed by atoms with van der Waals surface area (Å²) in [7, 11) is 0. The molecule has 1 amide bonds. The van der Waals surface area contributed by atoms with Crippen molar-refractivity contribution in [3.8, 4) is 0 Å². The molecule has 0 radical (unpaired) electrons. The van der Waals surface area contributed by atoms with Crippen LogP contribution in [0.25, 0.3) is 0 Å². The molecule has 19 heavy (non-hydrogen) atoms. The number of hydrogen-bond acceptors (Lipinski definition) is 3. The molecule has 1 fully saturated rings. The number of hydrogen-bond donors (Lipinski definition) is 1. The zero-order valence-corrected chi connectivity index (χ0v) is 10.5. The van der Waals surface area contributed by atoms with Crippen LogP contribution in [0.15, 0.2) is 18.2 Å². The second-order valence-corrected chi connectivity index (χ2v) is 4.62. The predicted octanol–water partition coefficient (Wildman–Crippen LogP) is 1.19. The van der Waals surface area contributed by atoms with Crippen molar-refractivity contribution in [2.75, 3.05) is 19.7 Å². The van der Waals surface area contributed by atoms with Crippen LogP contribution in [0, 0.1) is 11.6 Å². The second-order valence-electron chi connectivity index (χ2n) is 4.62. The van der Waals surface area contributed by atoms with Crippen LogP contribution in [0.1, 0.15) is 17.3 Å². The highest BCUT2D eigenvalue weighted by atomic mass is 19.1. The van der Waals surface area contributed by atoms with Crippen molar-refractivity contribution in [3.63, 3.8) is 0 Å². The number of amides is 1. The number of carbonyl (C=O) groups is 1. The number of rotatable bonds is 2. The fourth-order valence-electron chi connectivity index (χ4n) is 2.17. The summed E-state index contributed by atoms with van der Waals surface area (Å²) in [6, 6.07) is 2.72. The van der Waals surface area contributed by atoms with E-state index in [1.165, 1.54) is 4.90 Å². The molecule has 1 aliphatic rings. The Morgan fingerprint density at radius 2 is 2.00 bits per heavy atom. The average Bonchev–Trinajstić information content (AvgIpc) is 2.35. The van der Waals surface area contributed by atoms with Crippen LogP contribution in [-0.4, -0.2) is 47.8 Å². The molecule has 4 nitrogen and oxygen atoms in total. The van der Waals surface area contributed by atoms with E-state index in [1.807, 2.05) is 0 Å². The highest BCUT2D eigenvalue weighted by Crippen LogP contribution is 2.16. The minimum Gasteiger partial charge on any atom is -0.394 e. The van der Waals surface area contributed by atoms with E-state index in [9.17, 15) is 13.6 Å². The quantitative estimate of drug-likeness (QED) is 0.879. The van der Waals surface area contributed by atoms with Crippen molar-refractivity contribution in [2.45, 2.75) is 19.1 Å². The third-order valence-corrected chi connectivity index (χ3v) is 2.93. The summed E-state index contributed by atoms with van der Waals surface area (Å²) in [6.07, 6.45) is -0.695. The number of nitrogens with zero attached hydrogens (tertiary/aromatic N) is 1. The third-order valence-electron chi connectivity index (χ3n) is 2.93. The highest BCUT2D eigenvalue weighted by molar-refractivity contribution is 5.94. The molecule has 6 heteroatoms. The van der Waals surface area contributed by atoms with Crippen LogP contribution in [-0.2, 0) is 4.74 Å². The van der Waals surface area contributed by atoms with E-state index in [2.05, 4.69) is 0 Å². The number of halogens is 2. The van der Waals surface area contributed by atoms with Gasteiger partial charge in [0.2, 0.25) is 0 Å².